The van der Waals surface area contributed by atoms with Gasteiger partial charge in [-0.3, -0.25) is 0 Å². The Morgan fingerprint density at radius 1 is 0.968 bits per heavy atom. The highest BCUT2D eigenvalue weighted by atomic mass is 35.5. The molecule has 0 atom stereocenters. The Kier molecular flexibility index (Phi) is 7.17. The van der Waals surface area contributed by atoms with Crippen molar-refractivity contribution in [2.24, 2.45) is 0 Å². The maximum absolute atomic E-state index is 13.6. The van der Waals surface area contributed by atoms with E-state index in [-0.39, 0.29) is 4.90 Å². The minimum atomic E-state index is -3.75. The molecule has 0 bridgehead atoms. The molecule has 0 N–H and O–H groups in total. The maximum Gasteiger partial charge on any atom is 0.244 e. The zero-order valence-corrected chi connectivity index (χ0v) is 20.1. The van der Waals surface area contributed by atoms with Crippen molar-refractivity contribution in [3.8, 4) is 6.07 Å². The highest BCUT2D eigenvalue weighted by Gasteiger charge is 2.34. The Hall–Kier alpha value is -1.27. The Morgan fingerprint density at radius 3 is 2.35 bits per heavy atom. The topological polar surface area (TPSA) is 64.4 Å². The highest BCUT2D eigenvalue weighted by Crippen LogP contribution is 2.39. The van der Waals surface area contributed by atoms with Crippen LogP contribution in [-0.2, 0) is 10.0 Å². The van der Waals surface area contributed by atoms with E-state index >= 15 is 0 Å². The van der Waals surface area contributed by atoms with Crippen molar-refractivity contribution in [1.82, 2.24) is 9.21 Å². The molecule has 2 aromatic carbocycles. The first kappa shape index (κ1) is 22.9. The maximum atomic E-state index is 13.6. The molecule has 0 radical (unpaired) electrons. The molecular formula is C22H23Cl2N3O2S2. The number of sulfonamides is 1. The number of benzene rings is 2. The lowest BCUT2D eigenvalue weighted by Gasteiger charge is -2.36. The summed E-state index contributed by atoms with van der Waals surface area (Å²) in [5.41, 5.74) is 0.312. The summed E-state index contributed by atoms with van der Waals surface area (Å²) in [5, 5.41) is 10.4. The van der Waals surface area contributed by atoms with Crippen LogP contribution >= 0.6 is 35.0 Å². The Bertz CT molecular complexity index is 1100. The molecular weight excluding hydrogens is 473 g/mol. The summed E-state index contributed by atoms with van der Waals surface area (Å²) in [6.45, 7) is 3.20. The van der Waals surface area contributed by atoms with E-state index in [2.05, 4.69) is 11.0 Å². The number of hydrogen-bond donors (Lipinski definition) is 0. The van der Waals surface area contributed by atoms with E-state index in [0.717, 1.165) is 25.9 Å². The van der Waals surface area contributed by atoms with Crippen LogP contribution in [0.15, 0.2) is 51.1 Å². The summed E-state index contributed by atoms with van der Waals surface area (Å²) in [5.74, 6) is 0. The third kappa shape index (κ3) is 5.05. The van der Waals surface area contributed by atoms with Gasteiger partial charge < -0.3 is 4.90 Å². The molecule has 5 nitrogen and oxygen atoms in total. The van der Waals surface area contributed by atoms with Crippen molar-refractivity contribution in [2.75, 3.05) is 26.2 Å². The number of halogens is 2. The van der Waals surface area contributed by atoms with Crippen molar-refractivity contribution >= 4 is 45.0 Å². The second-order valence-electron chi connectivity index (χ2n) is 7.83. The minimum Gasteiger partial charge on any atom is -0.300 e. The van der Waals surface area contributed by atoms with Gasteiger partial charge in [0.1, 0.15) is 0 Å². The summed E-state index contributed by atoms with van der Waals surface area (Å²) < 4.78 is 28.7. The van der Waals surface area contributed by atoms with Gasteiger partial charge in [0.25, 0.3) is 0 Å². The van der Waals surface area contributed by atoms with Crippen LogP contribution in [0.5, 0.6) is 0 Å². The number of nitrogens with zero attached hydrogens (tertiary/aromatic N) is 3. The molecule has 2 aliphatic heterocycles. The molecule has 0 saturated carbocycles. The summed E-state index contributed by atoms with van der Waals surface area (Å²) in [4.78, 5) is 3.84. The van der Waals surface area contributed by atoms with E-state index in [1.807, 2.05) is 0 Å². The first-order chi connectivity index (χ1) is 14.9. The molecule has 2 aromatic rings. The quantitative estimate of drug-likeness (QED) is 0.565. The number of hydrogen-bond acceptors (Lipinski definition) is 5. The lowest BCUT2D eigenvalue weighted by Crippen LogP contribution is -2.45. The second-order valence-corrected chi connectivity index (χ2v) is 11.7. The summed E-state index contributed by atoms with van der Waals surface area (Å²) in [6, 6.07) is 12.4. The normalized spacial score (nSPS) is 18.9. The molecule has 0 aliphatic carbocycles. The zero-order chi connectivity index (χ0) is 22.0. The third-order valence-corrected chi connectivity index (χ3v) is 9.76. The second kappa shape index (κ2) is 9.70. The molecule has 2 fully saturated rings. The Balaban J connectivity index is 1.61. The number of likely N-dealkylation sites (tertiary alicyclic amines) is 1. The predicted octanol–water partition coefficient (Wildman–Crippen LogP) is 5.27. The van der Waals surface area contributed by atoms with Gasteiger partial charge in [-0.15, -0.1) is 0 Å². The van der Waals surface area contributed by atoms with Crippen LogP contribution in [0.2, 0.25) is 10.0 Å². The molecule has 2 heterocycles. The molecule has 31 heavy (non-hydrogen) atoms. The first-order valence-electron chi connectivity index (χ1n) is 10.3. The van der Waals surface area contributed by atoms with Crippen LogP contribution in [0.25, 0.3) is 0 Å². The average molecular weight is 496 g/mol. The van der Waals surface area contributed by atoms with E-state index in [1.54, 1.807) is 34.6 Å². The number of rotatable bonds is 5. The van der Waals surface area contributed by atoms with Crippen molar-refractivity contribution in [1.29, 1.82) is 5.26 Å². The smallest absolute Gasteiger partial charge is 0.244 e. The molecule has 2 saturated heterocycles. The van der Waals surface area contributed by atoms with Gasteiger partial charge in [0.05, 0.1) is 21.6 Å². The van der Waals surface area contributed by atoms with Crippen LogP contribution in [0, 0.1) is 11.3 Å². The fourth-order valence-corrected chi connectivity index (χ4v) is 7.59. The molecule has 9 heteroatoms. The Morgan fingerprint density at radius 2 is 1.68 bits per heavy atom. The summed E-state index contributed by atoms with van der Waals surface area (Å²) in [6.07, 6.45) is 4.12. The van der Waals surface area contributed by atoms with Crippen LogP contribution in [-0.4, -0.2) is 49.8 Å². The van der Waals surface area contributed by atoms with E-state index in [1.165, 1.54) is 30.7 Å². The molecule has 2 aliphatic rings. The van der Waals surface area contributed by atoms with E-state index in [0.29, 0.717) is 44.5 Å². The SMILES string of the molecule is N#Cc1ccc(Sc2cc(Cl)ccc2Cl)c(S(=O)(=O)N2CCC(N3CCCC3)CC2)c1. The zero-order valence-electron chi connectivity index (χ0n) is 16.9. The van der Waals surface area contributed by atoms with Gasteiger partial charge in [-0.25, -0.2) is 8.42 Å². The summed E-state index contributed by atoms with van der Waals surface area (Å²) in [7, 11) is -3.75. The van der Waals surface area contributed by atoms with Crippen molar-refractivity contribution in [2.45, 2.75) is 46.4 Å². The van der Waals surface area contributed by atoms with E-state index in [9.17, 15) is 13.7 Å². The van der Waals surface area contributed by atoms with Crippen molar-refractivity contribution < 1.29 is 8.42 Å². The van der Waals surface area contributed by atoms with Crippen LogP contribution < -0.4 is 0 Å². The fourth-order valence-electron chi connectivity index (χ4n) is 4.23. The predicted molar refractivity (Wildman–Crippen MR) is 124 cm³/mol. The van der Waals surface area contributed by atoms with Gasteiger partial charge in [-0.05, 0) is 75.2 Å². The van der Waals surface area contributed by atoms with E-state index < -0.39 is 10.0 Å². The average Bonchev–Trinajstić information content (AvgIpc) is 3.31. The highest BCUT2D eigenvalue weighted by molar-refractivity contribution is 8.00. The molecule has 0 unspecified atom stereocenters. The van der Waals surface area contributed by atoms with Crippen LogP contribution in [0.1, 0.15) is 31.2 Å². The monoisotopic (exact) mass is 495 g/mol. The van der Waals surface area contributed by atoms with Gasteiger partial charge in [-0.1, -0.05) is 35.0 Å². The standard InChI is InChI=1S/C22H23Cl2N3O2S2/c23-17-4-5-19(24)21(14-17)30-20-6-3-16(15-25)13-22(20)31(28,29)27-11-7-18(8-12-27)26-9-1-2-10-26/h3-6,13-14,18H,1-2,7-12H2. The lowest BCUT2D eigenvalue weighted by atomic mass is 10.1. The van der Waals surface area contributed by atoms with E-state index in [4.69, 9.17) is 23.2 Å². The van der Waals surface area contributed by atoms with Gasteiger partial charge in [0.15, 0.2) is 0 Å². The lowest BCUT2D eigenvalue weighted by molar-refractivity contribution is 0.167. The first-order valence-corrected chi connectivity index (χ1v) is 13.3. The summed E-state index contributed by atoms with van der Waals surface area (Å²) >= 11 is 13.7. The van der Waals surface area contributed by atoms with Gasteiger partial charge in [0.2, 0.25) is 10.0 Å². The minimum absolute atomic E-state index is 0.146. The number of piperidine rings is 1. The molecule has 164 valence electrons. The van der Waals surface area contributed by atoms with Crippen molar-refractivity contribution in [3.05, 3.63) is 52.0 Å². The molecule has 4 rings (SSSR count). The molecule has 0 spiro atoms. The molecule has 0 amide bonds. The van der Waals surface area contributed by atoms with Crippen LogP contribution in [0.4, 0.5) is 0 Å². The fraction of sp³-hybridized carbons (Fsp3) is 0.409. The number of nitriles is 1. The van der Waals surface area contributed by atoms with Crippen LogP contribution in [0.3, 0.4) is 0 Å². The van der Waals surface area contributed by atoms with Gasteiger partial charge in [0, 0.05) is 33.9 Å². The molecule has 0 aromatic heterocycles. The third-order valence-electron chi connectivity index (χ3n) is 5.88. The van der Waals surface area contributed by atoms with Gasteiger partial charge in [-0.2, -0.15) is 9.57 Å². The largest absolute Gasteiger partial charge is 0.300 e. The van der Waals surface area contributed by atoms with Gasteiger partial charge >= 0.3 is 0 Å². The Labute approximate surface area is 198 Å². The van der Waals surface area contributed by atoms with Crippen molar-refractivity contribution in [3.63, 3.8) is 0 Å².